The van der Waals surface area contributed by atoms with Gasteiger partial charge in [-0.25, -0.2) is 4.39 Å². The van der Waals surface area contributed by atoms with E-state index in [1.54, 1.807) is 0 Å². The standard InChI is InChI=1S/C16H19FN4O2/c1-11(22)20-14-8-12(4-5-13(14)17)19-9-15(23)21-16(10-18)6-2-3-7-16/h4-5,8,19H,2-3,6-7,9H2,1H3,(H,20,22)(H,21,23). The molecule has 7 heteroatoms. The molecule has 0 aromatic heterocycles. The molecule has 122 valence electrons. The first-order valence-corrected chi connectivity index (χ1v) is 7.47. The number of nitriles is 1. The lowest BCUT2D eigenvalue weighted by Crippen LogP contribution is -2.47. The van der Waals surface area contributed by atoms with Crippen molar-refractivity contribution in [2.45, 2.75) is 38.1 Å². The van der Waals surface area contributed by atoms with Crippen LogP contribution in [0.15, 0.2) is 18.2 Å². The summed E-state index contributed by atoms with van der Waals surface area (Å²) in [6, 6.07) is 6.29. The lowest BCUT2D eigenvalue weighted by Gasteiger charge is -2.22. The maximum absolute atomic E-state index is 13.5. The second-order valence-electron chi connectivity index (χ2n) is 5.68. The quantitative estimate of drug-likeness (QED) is 0.775. The average molecular weight is 318 g/mol. The molecular weight excluding hydrogens is 299 g/mol. The molecule has 1 aromatic carbocycles. The topological polar surface area (TPSA) is 94.0 Å². The van der Waals surface area contributed by atoms with Gasteiger partial charge in [0.05, 0.1) is 18.3 Å². The molecule has 0 heterocycles. The van der Waals surface area contributed by atoms with Crippen LogP contribution < -0.4 is 16.0 Å². The van der Waals surface area contributed by atoms with Crippen LogP contribution >= 0.6 is 0 Å². The maximum Gasteiger partial charge on any atom is 0.240 e. The molecular formula is C16H19FN4O2. The van der Waals surface area contributed by atoms with Gasteiger partial charge in [0.25, 0.3) is 0 Å². The molecule has 0 bridgehead atoms. The zero-order valence-corrected chi connectivity index (χ0v) is 12.9. The maximum atomic E-state index is 13.5. The van der Waals surface area contributed by atoms with Crippen LogP contribution in [0.3, 0.4) is 0 Å². The van der Waals surface area contributed by atoms with Crippen LogP contribution in [0.2, 0.25) is 0 Å². The third kappa shape index (κ3) is 4.42. The van der Waals surface area contributed by atoms with E-state index in [1.807, 2.05) is 0 Å². The minimum Gasteiger partial charge on any atom is -0.376 e. The molecule has 0 spiro atoms. The lowest BCUT2D eigenvalue weighted by atomic mass is 10.00. The number of nitrogens with zero attached hydrogens (tertiary/aromatic N) is 1. The number of halogens is 1. The minimum atomic E-state index is -0.761. The number of amides is 2. The van der Waals surface area contributed by atoms with Gasteiger partial charge in [0, 0.05) is 12.6 Å². The number of rotatable bonds is 5. The van der Waals surface area contributed by atoms with E-state index in [-0.39, 0.29) is 24.0 Å². The normalized spacial score (nSPS) is 15.5. The Morgan fingerprint density at radius 1 is 1.35 bits per heavy atom. The van der Waals surface area contributed by atoms with Crippen LogP contribution in [-0.2, 0) is 9.59 Å². The van der Waals surface area contributed by atoms with Crippen molar-refractivity contribution in [2.24, 2.45) is 0 Å². The molecule has 0 saturated heterocycles. The number of hydrogen-bond acceptors (Lipinski definition) is 4. The number of carbonyl (C=O) groups is 2. The van der Waals surface area contributed by atoms with Crippen LogP contribution in [0.4, 0.5) is 15.8 Å². The fraction of sp³-hybridized carbons (Fsp3) is 0.438. The number of benzene rings is 1. The van der Waals surface area contributed by atoms with Crippen LogP contribution in [0.5, 0.6) is 0 Å². The van der Waals surface area contributed by atoms with Crippen molar-refractivity contribution >= 4 is 23.2 Å². The van der Waals surface area contributed by atoms with Crippen molar-refractivity contribution in [1.82, 2.24) is 5.32 Å². The van der Waals surface area contributed by atoms with E-state index in [0.717, 1.165) is 12.8 Å². The van der Waals surface area contributed by atoms with E-state index in [0.29, 0.717) is 18.5 Å². The van der Waals surface area contributed by atoms with E-state index in [1.165, 1.54) is 25.1 Å². The van der Waals surface area contributed by atoms with Gasteiger partial charge >= 0.3 is 0 Å². The van der Waals surface area contributed by atoms with E-state index < -0.39 is 11.4 Å². The summed E-state index contributed by atoms with van der Waals surface area (Å²) in [5, 5.41) is 17.2. The lowest BCUT2D eigenvalue weighted by molar-refractivity contribution is -0.120. The summed E-state index contributed by atoms with van der Waals surface area (Å²) in [6.45, 7) is 1.25. The Morgan fingerprint density at radius 3 is 2.65 bits per heavy atom. The van der Waals surface area contributed by atoms with Gasteiger partial charge in [0.15, 0.2) is 0 Å². The highest BCUT2D eigenvalue weighted by Crippen LogP contribution is 2.28. The smallest absolute Gasteiger partial charge is 0.240 e. The van der Waals surface area contributed by atoms with Gasteiger partial charge in [0.2, 0.25) is 11.8 Å². The molecule has 1 saturated carbocycles. The highest BCUT2D eigenvalue weighted by Gasteiger charge is 2.35. The number of carbonyl (C=O) groups excluding carboxylic acids is 2. The fourth-order valence-corrected chi connectivity index (χ4v) is 2.66. The summed E-state index contributed by atoms with van der Waals surface area (Å²) in [5.74, 6) is -1.22. The van der Waals surface area contributed by atoms with Gasteiger partial charge in [-0.3, -0.25) is 9.59 Å². The van der Waals surface area contributed by atoms with Crippen molar-refractivity contribution in [2.75, 3.05) is 17.2 Å². The summed E-state index contributed by atoms with van der Waals surface area (Å²) >= 11 is 0. The van der Waals surface area contributed by atoms with Gasteiger partial charge in [-0.05, 0) is 43.9 Å². The van der Waals surface area contributed by atoms with E-state index in [9.17, 15) is 19.2 Å². The molecule has 23 heavy (non-hydrogen) atoms. The van der Waals surface area contributed by atoms with Crippen LogP contribution in [-0.4, -0.2) is 23.9 Å². The Bertz CT molecular complexity index is 648. The second-order valence-corrected chi connectivity index (χ2v) is 5.68. The van der Waals surface area contributed by atoms with Crippen LogP contribution in [0.1, 0.15) is 32.6 Å². The van der Waals surface area contributed by atoms with E-state index in [4.69, 9.17) is 0 Å². The fourth-order valence-electron chi connectivity index (χ4n) is 2.66. The van der Waals surface area contributed by atoms with Gasteiger partial charge in [-0.15, -0.1) is 0 Å². The Morgan fingerprint density at radius 2 is 2.04 bits per heavy atom. The highest BCUT2D eigenvalue weighted by molar-refractivity contribution is 5.89. The van der Waals surface area contributed by atoms with Crippen molar-refractivity contribution in [3.63, 3.8) is 0 Å². The average Bonchev–Trinajstić information content (AvgIpc) is 2.96. The summed E-state index contributed by atoms with van der Waals surface area (Å²) < 4.78 is 13.5. The Kier molecular flexibility index (Phi) is 5.16. The molecule has 6 nitrogen and oxygen atoms in total. The summed E-state index contributed by atoms with van der Waals surface area (Å²) in [6.07, 6.45) is 3.19. The second kappa shape index (κ2) is 7.09. The molecule has 2 amide bonds. The minimum absolute atomic E-state index is 0.0332. The molecule has 3 N–H and O–H groups in total. The SMILES string of the molecule is CC(=O)Nc1cc(NCC(=O)NC2(C#N)CCCC2)ccc1F. The predicted molar refractivity (Wildman–Crippen MR) is 84.1 cm³/mol. The molecule has 0 radical (unpaired) electrons. The molecule has 0 unspecified atom stereocenters. The summed E-state index contributed by atoms with van der Waals surface area (Å²) in [7, 11) is 0. The first-order valence-electron chi connectivity index (χ1n) is 7.47. The monoisotopic (exact) mass is 318 g/mol. The van der Waals surface area contributed by atoms with Gasteiger partial charge < -0.3 is 16.0 Å². The van der Waals surface area contributed by atoms with Crippen LogP contribution in [0.25, 0.3) is 0 Å². The van der Waals surface area contributed by atoms with Crippen molar-refractivity contribution < 1.29 is 14.0 Å². The largest absolute Gasteiger partial charge is 0.376 e. The number of nitrogens with one attached hydrogen (secondary N) is 3. The molecule has 1 fully saturated rings. The highest BCUT2D eigenvalue weighted by atomic mass is 19.1. The molecule has 2 rings (SSSR count). The first kappa shape index (κ1) is 16.7. The van der Waals surface area contributed by atoms with E-state index in [2.05, 4.69) is 22.0 Å². The predicted octanol–water partition coefficient (Wildman–Crippen LogP) is 2.15. The molecule has 1 aromatic rings. The number of anilines is 2. The molecule has 1 aliphatic carbocycles. The zero-order valence-electron chi connectivity index (χ0n) is 12.9. The Balaban J connectivity index is 1.94. The van der Waals surface area contributed by atoms with Crippen LogP contribution in [0, 0.1) is 17.1 Å². The Hall–Kier alpha value is -2.62. The van der Waals surface area contributed by atoms with Gasteiger partial charge in [-0.1, -0.05) is 0 Å². The van der Waals surface area contributed by atoms with Crippen molar-refractivity contribution in [3.05, 3.63) is 24.0 Å². The van der Waals surface area contributed by atoms with Crippen molar-refractivity contribution in [1.29, 1.82) is 5.26 Å². The summed E-state index contributed by atoms with van der Waals surface area (Å²) in [4.78, 5) is 23.0. The number of hydrogen-bond donors (Lipinski definition) is 3. The molecule has 1 aliphatic rings. The third-order valence-electron chi connectivity index (χ3n) is 3.78. The van der Waals surface area contributed by atoms with Crippen molar-refractivity contribution in [3.8, 4) is 6.07 Å². The zero-order chi connectivity index (χ0) is 16.9. The molecule has 0 atom stereocenters. The first-order chi connectivity index (χ1) is 10.9. The Labute approximate surface area is 134 Å². The van der Waals surface area contributed by atoms with Gasteiger partial charge in [0.1, 0.15) is 11.4 Å². The van der Waals surface area contributed by atoms with E-state index >= 15 is 0 Å². The van der Waals surface area contributed by atoms with Gasteiger partial charge in [-0.2, -0.15) is 5.26 Å². The molecule has 0 aliphatic heterocycles. The summed E-state index contributed by atoms with van der Waals surface area (Å²) in [5.41, 5.74) is -0.210. The third-order valence-corrected chi connectivity index (χ3v) is 3.78.